The van der Waals surface area contributed by atoms with Gasteiger partial charge in [0, 0.05) is 6.04 Å². The molecule has 0 heterocycles. The van der Waals surface area contributed by atoms with E-state index in [1.54, 1.807) is 7.11 Å². The molecule has 0 aliphatic rings. The highest BCUT2D eigenvalue weighted by Gasteiger charge is 2.11. The van der Waals surface area contributed by atoms with Gasteiger partial charge in [0.15, 0.2) is 0 Å². The number of hydrogen-bond donors (Lipinski definition) is 2. The van der Waals surface area contributed by atoms with Crippen LogP contribution in [0.15, 0.2) is 53.0 Å². The van der Waals surface area contributed by atoms with Crippen molar-refractivity contribution in [2.24, 2.45) is 5.84 Å². The number of nitrogens with one attached hydrogen (secondary N) is 1. The molecule has 4 heteroatoms. The van der Waals surface area contributed by atoms with E-state index in [-0.39, 0.29) is 6.04 Å². The monoisotopic (exact) mass is 348 g/mol. The van der Waals surface area contributed by atoms with E-state index in [0.29, 0.717) is 0 Å². The van der Waals surface area contributed by atoms with Crippen LogP contribution >= 0.6 is 15.9 Å². The lowest BCUT2D eigenvalue weighted by Gasteiger charge is -2.17. The normalized spacial score (nSPS) is 12.1. The Bertz CT molecular complexity index is 560. The molecule has 0 saturated heterocycles. The van der Waals surface area contributed by atoms with Crippen LogP contribution in [0.2, 0.25) is 0 Å². The standard InChI is InChI=1S/C17H21BrN2O/c1-21-17-11-10-14(12-15(17)18)16(20-19)9-5-8-13-6-3-2-4-7-13/h2-4,6-7,10-12,16,20H,5,8-9,19H2,1H3. The van der Waals surface area contributed by atoms with Crippen molar-refractivity contribution in [2.45, 2.75) is 25.3 Å². The van der Waals surface area contributed by atoms with Crippen molar-refractivity contribution in [1.29, 1.82) is 0 Å². The molecule has 2 aromatic rings. The number of aryl methyl sites for hydroxylation is 1. The number of halogens is 1. The van der Waals surface area contributed by atoms with Gasteiger partial charge >= 0.3 is 0 Å². The van der Waals surface area contributed by atoms with Gasteiger partial charge in [0.2, 0.25) is 0 Å². The summed E-state index contributed by atoms with van der Waals surface area (Å²) in [4.78, 5) is 0. The Hall–Kier alpha value is -1.36. The van der Waals surface area contributed by atoms with Crippen molar-refractivity contribution >= 4 is 15.9 Å². The minimum atomic E-state index is 0.149. The number of benzene rings is 2. The van der Waals surface area contributed by atoms with Crippen molar-refractivity contribution in [3.8, 4) is 5.75 Å². The number of hydrazine groups is 1. The highest BCUT2D eigenvalue weighted by Crippen LogP contribution is 2.29. The molecule has 112 valence electrons. The van der Waals surface area contributed by atoms with Crippen molar-refractivity contribution in [3.05, 3.63) is 64.1 Å². The van der Waals surface area contributed by atoms with Gasteiger partial charge in [0.1, 0.15) is 5.75 Å². The smallest absolute Gasteiger partial charge is 0.133 e. The van der Waals surface area contributed by atoms with E-state index in [1.165, 1.54) is 11.1 Å². The highest BCUT2D eigenvalue weighted by molar-refractivity contribution is 9.10. The van der Waals surface area contributed by atoms with Crippen molar-refractivity contribution < 1.29 is 4.74 Å². The Labute approximate surface area is 134 Å². The van der Waals surface area contributed by atoms with Gasteiger partial charge in [-0.1, -0.05) is 36.4 Å². The number of nitrogens with two attached hydrogens (primary N) is 1. The SMILES string of the molecule is COc1ccc(C(CCCc2ccccc2)NN)cc1Br. The average molecular weight is 349 g/mol. The molecule has 0 amide bonds. The van der Waals surface area contributed by atoms with Crippen LogP contribution in [-0.2, 0) is 6.42 Å². The molecule has 0 fully saturated rings. The molecular weight excluding hydrogens is 328 g/mol. The van der Waals surface area contributed by atoms with Gasteiger partial charge in [-0.25, -0.2) is 0 Å². The molecular formula is C17H21BrN2O. The number of ether oxygens (including phenoxy) is 1. The van der Waals surface area contributed by atoms with Gasteiger partial charge in [-0.2, -0.15) is 0 Å². The first kappa shape index (κ1) is 16.0. The predicted octanol–water partition coefficient (Wildman–Crippen LogP) is 3.99. The summed E-state index contributed by atoms with van der Waals surface area (Å²) in [7, 11) is 1.66. The predicted molar refractivity (Wildman–Crippen MR) is 90.1 cm³/mol. The molecule has 0 bridgehead atoms. The summed E-state index contributed by atoms with van der Waals surface area (Å²) >= 11 is 3.52. The van der Waals surface area contributed by atoms with Crippen LogP contribution in [0.5, 0.6) is 5.75 Å². The summed E-state index contributed by atoms with van der Waals surface area (Å²) in [6, 6.07) is 16.7. The molecule has 0 saturated carbocycles. The molecule has 1 atom stereocenters. The maximum atomic E-state index is 5.71. The first-order chi connectivity index (χ1) is 10.2. The average Bonchev–Trinajstić information content (AvgIpc) is 2.52. The lowest BCUT2D eigenvalue weighted by atomic mass is 9.99. The van der Waals surface area contributed by atoms with Gasteiger partial charge in [0.25, 0.3) is 0 Å². The fourth-order valence-corrected chi connectivity index (χ4v) is 2.96. The Morgan fingerprint density at radius 1 is 1.19 bits per heavy atom. The zero-order valence-corrected chi connectivity index (χ0v) is 13.8. The first-order valence-corrected chi connectivity index (χ1v) is 7.87. The fraction of sp³-hybridized carbons (Fsp3) is 0.294. The lowest BCUT2D eigenvalue weighted by molar-refractivity contribution is 0.411. The van der Waals surface area contributed by atoms with Crippen LogP contribution < -0.4 is 16.0 Å². The van der Waals surface area contributed by atoms with Crippen molar-refractivity contribution in [2.75, 3.05) is 7.11 Å². The summed E-state index contributed by atoms with van der Waals surface area (Å²) in [6.07, 6.45) is 3.14. The third-order valence-corrected chi connectivity index (χ3v) is 4.20. The molecule has 0 aromatic heterocycles. The Kier molecular flexibility index (Phi) is 6.23. The molecule has 0 aliphatic heterocycles. The second kappa shape index (κ2) is 8.17. The number of methoxy groups -OCH3 is 1. The van der Waals surface area contributed by atoms with Crippen LogP contribution in [0.1, 0.15) is 30.0 Å². The van der Waals surface area contributed by atoms with Gasteiger partial charge < -0.3 is 4.74 Å². The largest absolute Gasteiger partial charge is 0.496 e. The van der Waals surface area contributed by atoms with Gasteiger partial charge in [-0.05, 0) is 58.5 Å². The number of hydrogen-bond acceptors (Lipinski definition) is 3. The third kappa shape index (κ3) is 4.56. The highest BCUT2D eigenvalue weighted by atomic mass is 79.9. The van der Waals surface area contributed by atoms with E-state index in [1.807, 2.05) is 12.1 Å². The second-order valence-corrected chi connectivity index (χ2v) is 5.85. The Morgan fingerprint density at radius 2 is 1.95 bits per heavy atom. The van der Waals surface area contributed by atoms with E-state index in [9.17, 15) is 0 Å². The summed E-state index contributed by atoms with van der Waals surface area (Å²) < 4.78 is 6.20. The van der Waals surface area contributed by atoms with Crippen LogP contribution in [-0.4, -0.2) is 7.11 Å². The quantitative estimate of drug-likeness (QED) is 0.587. The van der Waals surface area contributed by atoms with Gasteiger partial charge in [0.05, 0.1) is 11.6 Å². The Morgan fingerprint density at radius 3 is 2.57 bits per heavy atom. The maximum Gasteiger partial charge on any atom is 0.133 e. The van der Waals surface area contributed by atoms with Crippen LogP contribution in [0, 0.1) is 0 Å². The first-order valence-electron chi connectivity index (χ1n) is 7.08. The molecule has 3 nitrogen and oxygen atoms in total. The Balaban J connectivity index is 1.95. The molecule has 2 aromatic carbocycles. The van der Waals surface area contributed by atoms with E-state index in [0.717, 1.165) is 29.5 Å². The summed E-state index contributed by atoms with van der Waals surface area (Å²) in [5, 5.41) is 0. The molecule has 21 heavy (non-hydrogen) atoms. The summed E-state index contributed by atoms with van der Waals surface area (Å²) in [5.41, 5.74) is 5.44. The fourth-order valence-electron chi connectivity index (χ4n) is 2.40. The van der Waals surface area contributed by atoms with Crippen molar-refractivity contribution in [3.63, 3.8) is 0 Å². The third-order valence-electron chi connectivity index (χ3n) is 3.58. The van der Waals surface area contributed by atoms with E-state index < -0.39 is 0 Å². The van der Waals surface area contributed by atoms with E-state index >= 15 is 0 Å². The molecule has 2 rings (SSSR count). The molecule has 0 spiro atoms. The molecule has 1 unspecified atom stereocenters. The summed E-state index contributed by atoms with van der Waals surface area (Å²) in [6.45, 7) is 0. The van der Waals surface area contributed by atoms with Crippen LogP contribution in [0.25, 0.3) is 0 Å². The second-order valence-electron chi connectivity index (χ2n) is 4.99. The zero-order chi connectivity index (χ0) is 15.1. The molecule has 0 radical (unpaired) electrons. The van der Waals surface area contributed by atoms with Crippen LogP contribution in [0.4, 0.5) is 0 Å². The molecule has 0 aliphatic carbocycles. The number of rotatable bonds is 7. The molecule has 3 N–H and O–H groups in total. The van der Waals surface area contributed by atoms with Gasteiger partial charge in [-0.3, -0.25) is 11.3 Å². The van der Waals surface area contributed by atoms with Crippen molar-refractivity contribution in [1.82, 2.24) is 5.43 Å². The van der Waals surface area contributed by atoms with E-state index in [2.05, 4.69) is 57.8 Å². The summed E-state index contributed by atoms with van der Waals surface area (Å²) in [5.74, 6) is 6.54. The zero-order valence-electron chi connectivity index (χ0n) is 12.2. The maximum absolute atomic E-state index is 5.71. The minimum Gasteiger partial charge on any atom is -0.496 e. The van der Waals surface area contributed by atoms with Crippen LogP contribution in [0.3, 0.4) is 0 Å². The lowest BCUT2D eigenvalue weighted by Crippen LogP contribution is -2.28. The van der Waals surface area contributed by atoms with Gasteiger partial charge in [-0.15, -0.1) is 0 Å². The van der Waals surface area contributed by atoms with E-state index in [4.69, 9.17) is 10.6 Å². The minimum absolute atomic E-state index is 0.149. The topological polar surface area (TPSA) is 47.3 Å².